The van der Waals surface area contributed by atoms with Crippen molar-refractivity contribution in [3.63, 3.8) is 0 Å². The molecular weight excluding hydrogens is 687 g/mol. The number of anilines is 4. The average Bonchev–Trinajstić information content (AvgIpc) is 3.80. The molecule has 0 spiro atoms. The van der Waals surface area contributed by atoms with Gasteiger partial charge in [-0.05, 0) is 71.6 Å². The van der Waals surface area contributed by atoms with Crippen LogP contribution >= 0.6 is 0 Å². The van der Waals surface area contributed by atoms with Gasteiger partial charge in [0.1, 0.15) is 12.5 Å². The van der Waals surface area contributed by atoms with Gasteiger partial charge < -0.3 is 9.80 Å². The summed E-state index contributed by atoms with van der Waals surface area (Å²) in [5, 5.41) is 2.32. The summed E-state index contributed by atoms with van der Waals surface area (Å²) in [4.78, 5) is 25.0. The number of benzene rings is 6. The highest BCUT2D eigenvalue weighted by atomic mass is 15.4. The molecule has 270 valence electrons. The molecule has 10 rings (SSSR count). The monoisotopic (exact) mass is 725 g/mol. The van der Waals surface area contributed by atoms with Crippen molar-refractivity contribution >= 4 is 44.6 Å². The number of para-hydroxylation sites is 4. The van der Waals surface area contributed by atoms with Gasteiger partial charge in [0.25, 0.3) is 0 Å². The van der Waals surface area contributed by atoms with E-state index in [9.17, 15) is 0 Å². The van der Waals surface area contributed by atoms with Crippen molar-refractivity contribution in [2.75, 3.05) is 16.5 Å². The molecule has 7 heteroatoms. The van der Waals surface area contributed by atoms with Crippen LogP contribution < -0.4 is 9.80 Å². The van der Waals surface area contributed by atoms with Gasteiger partial charge in [0.05, 0.1) is 22.4 Å². The van der Waals surface area contributed by atoms with Gasteiger partial charge in [-0.1, -0.05) is 124 Å². The molecule has 0 N–H and O–H groups in total. The summed E-state index contributed by atoms with van der Waals surface area (Å²) in [6, 6.07) is 57.1. The third kappa shape index (κ3) is 5.85. The lowest BCUT2D eigenvalue weighted by atomic mass is 9.88. The van der Waals surface area contributed by atoms with E-state index in [0.29, 0.717) is 24.1 Å². The molecule has 1 aliphatic rings. The standard InChI is InChI=1S/C49H39N7/c1-49(2,3)36-27-28-50-45(31-36)56-41-22-11-10-21-39(41)40-26-25-35(30-44(40)56)48-52-46(33-15-6-4-7-16-33)51-47(53-48)34-17-14-20-38(29-34)55-32-54(37-18-8-5-9-19-37)42-23-12-13-24-43(42)55/h4-31H,32H2,1-3H3. The first-order valence-electron chi connectivity index (χ1n) is 19.0. The molecule has 3 aromatic heterocycles. The Hall–Kier alpha value is -7.12. The van der Waals surface area contributed by atoms with E-state index in [1.807, 2.05) is 36.5 Å². The van der Waals surface area contributed by atoms with Crippen LogP contribution in [0.15, 0.2) is 170 Å². The first-order chi connectivity index (χ1) is 27.4. The van der Waals surface area contributed by atoms with Crippen LogP contribution in [0.2, 0.25) is 0 Å². The highest BCUT2D eigenvalue weighted by Crippen LogP contribution is 2.44. The molecule has 6 aromatic carbocycles. The number of hydrogen-bond donors (Lipinski definition) is 0. The summed E-state index contributed by atoms with van der Waals surface area (Å²) in [6.07, 6.45) is 1.92. The van der Waals surface area contributed by atoms with Crippen molar-refractivity contribution < 1.29 is 0 Å². The summed E-state index contributed by atoms with van der Waals surface area (Å²) in [5.74, 6) is 2.73. The third-order valence-corrected chi connectivity index (χ3v) is 10.7. The maximum Gasteiger partial charge on any atom is 0.164 e. The number of fused-ring (bicyclic) bond motifs is 4. The normalized spacial score (nSPS) is 12.8. The van der Waals surface area contributed by atoms with Gasteiger partial charge in [0.15, 0.2) is 17.5 Å². The minimum atomic E-state index is -0.0204. The fraction of sp³-hybridized carbons (Fsp3) is 0.102. The van der Waals surface area contributed by atoms with Crippen LogP contribution in [-0.4, -0.2) is 31.2 Å². The topological polar surface area (TPSA) is 63.0 Å². The van der Waals surface area contributed by atoms with E-state index < -0.39 is 0 Å². The number of hydrogen-bond acceptors (Lipinski definition) is 6. The molecule has 9 aromatic rings. The van der Waals surface area contributed by atoms with E-state index in [4.69, 9.17) is 19.9 Å². The second kappa shape index (κ2) is 13.3. The second-order valence-corrected chi connectivity index (χ2v) is 15.3. The van der Waals surface area contributed by atoms with Crippen LogP contribution in [0.25, 0.3) is 61.8 Å². The van der Waals surface area contributed by atoms with Crippen molar-refractivity contribution in [2.45, 2.75) is 26.2 Å². The van der Waals surface area contributed by atoms with E-state index in [0.717, 1.165) is 56.0 Å². The smallest absolute Gasteiger partial charge is 0.164 e. The number of pyridine rings is 1. The average molecular weight is 726 g/mol. The fourth-order valence-corrected chi connectivity index (χ4v) is 7.79. The summed E-state index contributed by atoms with van der Waals surface area (Å²) in [5.41, 5.74) is 10.6. The van der Waals surface area contributed by atoms with E-state index in [-0.39, 0.29) is 5.41 Å². The fourth-order valence-electron chi connectivity index (χ4n) is 7.79. The van der Waals surface area contributed by atoms with Crippen molar-refractivity contribution in [3.8, 4) is 40.0 Å². The molecule has 0 aliphatic carbocycles. The molecule has 0 atom stereocenters. The Morgan fingerprint density at radius 3 is 1.77 bits per heavy atom. The maximum atomic E-state index is 5.21. The Bertz CT molecular complexity index is 2890. The predicted octanol–water partition coefficient (Wildman–Crippen LogP) is 11.9. The van der Waals surface area contributed by atoms with E-state index >= 15 is 0 Å². The zero-order valence-electron chi connectivity index (χ0n) is 31.5. The molecule has 56 heavy (non-hydrogen) atoms. The zero-order chi connectivity index (χ0) is 37.8. The summed E-state index contributed by atoms with van der Waals surface area (Å²) < 4.78 is 2.26. The molecule has 1 aliphatic heterocycles. The van der Waals surface area contributed by atoms with Gasteiger partial charge in [-0.25, -0.2) is 19.9 Å². The second-order valence-electron chi connectivity index (χ2n) is 15.3. The van der Waals surface area contributed by atoms with Gasteiger partial charge in [-0.3, -0.25) is 4.57 Å². The Morgan fingerprint density at radius 2 is 1.04 bits per heavy atom. The summed E-state index contributed by atoms with van der Waals surface area (Å²) >= 11 is 0. The first kappa shape index (κ1) is 33.4. The molecule has 7 nitrogen and oxygen atoms in total. The number of aromatic nitrogens is 5. The van der Waals surface area contributed by atoms with E-state index in [1.54, 1.807) is 0 Å². The Balaban J connectivity index is 1.11. The van der Waals surface area contributed by atoms with Crippen molar-refractivity contribution in [1.29, 1.82) is 0 Å². The van der Waals surface area contributed by atoms with Crippen molar-refractivity contribution in [1.82, 2.24) is 24.5 Å². The minimum absolute atomic E-state index is 0.0204. The van der Waals surface area contributed by atoms with Gasteiger partial charge >= 0.3 is 0 Å². The molecule has 0 saturated carbocycles. The van der Waals surface area contributed by atoms with Gasteiger partial charge in [-0.15, -0.1) is 0 Å². The maximum absolute atomic E-state index is 5.21. The van der Waals surface area contributed by atoms with Crippen LogP contribution in [0.1, 0.15) is 26.3 Å². The Morgan fingerprint density at radius 1 is 0.464 bits per heavy atom. The van der Waals surface area contributed by atoms with Crippen molar-refractivity contribution in [3.05, 3.63) is 176 Å². The lowest BCUT2D eigenvalue weighted by Crippen LogP contribution is -2.23. The molecule has 0 unspecified atom stereocenters. The largest absolute Gasteiger partial charge is 0.321 e. The Kier molecular flexibility index (Phi) is 7.96. The van der Waals surface area contributed by atoms with Crippen LogP contribution in [0, 0.1) is 0 Å². The molecule has 0 bridgehead atoms. The highest BCUT2D eigenvalue weighted by molar-refractivity contribution is 6.10. The summed E-state index contributed by atoms with van der Waals surface area (Å²) in [6.45, 7) is 7.39. The zero-order valence-corrected chi connectivity index (χ0v) is 31.5. The van der Waals surface area contributed by atoms with Crippen molar-refractivity contribution in [2.24, 2.45) is 0 Å². The van der Waals surface area contributed by atoms with Crippen LogP contribution in [0.3, 0.4) is 0 Å². The van der Waals surface area contributed by atoms with Gasteiger partial charge in [0.2, 0.25) is 0 Å². The third-order valence-electron chi connectivity index (χ3n) is 10.7. The molecular formula is C49H39N7. The molecule has 0 amide bonds. The SMILES string of the molecule is CC(C)(C)c1ccnc(-n2c3ccccc3c3ccc(-c4nc(-c5ccccc5)nc(-c5cccc(N6CN(c7ccccc7)c7ccccc76)c5)n4)cc32)c1. The number of nitrogens with zero attached hydrogens (tertiary/aromatic N) is 7. The van der Waals surface area contributed by atoms with Crippen LogP contribution in [0.4, 0.5) is 22.7 Å². The van der Waals surface area contributed by atoms with Crippen LogP contribution in [-0.2, 0) is 5.41 Å². The van der Waals surface area contributed by atoms with Crippen LogP contribution in [0.5, 0.6) is 0 Å². The van der Waals surface area contributed by atoms with E-state index in [2.05, 4.69) is 169 Å². The first-order valence-corrected chi connectivity index (χ1v) is 19.0. The van der Waals surface area contributed by atoms with Gasteiger partial charge in [-0.2, -0.15) is 0 Å². The lowest BCUT2D eigenvalue weighted by Gasteiger charge is -2.22. The van der Waals surface area contributed by atoms with E-state index in [1.165, 1.54) is 16.6 Å². The lowest BCUT2D eigenvalue weighted by molar-refractivity contribution is 0.588. The highest BCUT2D eigenvalue weighted by Gasteiger charge is 2.28. The quantitative estimate of drug-likeness (QED) is 0.170. The predicted molar refractivity (Wildman–Crippen MR) is 229 cm³/mol. The molecule has 0 saturated heterocycles. The number of rotatable bonds is 6. The minimum Gasteiger partial charge on any atom is -0.321 e. The van der Waals surface area contributed by atoms with Gasteiger partial charge in [0, 0.05) is 45.0 Å². The summed E-state index contributed by atoms with van der Waals surface area (Å²) in [7, 11) is 0. The molecule has 0 fully saturated rings. The molecule has 0 radical (unpaired) electrons. The Labute approximate surface area is 326 Å². The molecule has 4 heterocycles.